The molecule has 0 aromatic heterocycles. The summed E-state index contributed by atoms with van der Waals surface area (Å²) >= 11 is 0. The number of ether oxygens (including phenoxy) is 1. The molecule has 0 aromatic rings. The Kier molecular flexibility index (Phi) is 12.4. The number of rotatable bonds is 6. The summed E-state index contributed by atoms with van der Waals surface area (Å²) in [4.78, 5) is 28.5. The Morgan fingerprint density at radius 2 is 1.88 bits per heavy atom. The fourth-order valence-corrected chi connectivity index (χ4v) is 3.29. The Hall–Kier alpha value is -0.600. The van der Waals surface area contributed by atoms with Crippen molar-refractivity contribution in [2.45, 2.75) is 25.8 Å². The maximum atomic E-state index is 12.6. The Bertz CT molecular complexity index is 407. The van der Waals surface area contributed by atoms with Gasteiger partial charge in [0.25, 0.3) is 0 Å². The topological polar surface area (TPSA) is 73.9 Å². The van der Waals surface area contributed by atoms with Crippen molar-refractivity contribution < 1.29 is 14.3 Å². The lowest BCUT2D eigenvalue weighted by Crippen LogP contribution is -2.53. The summed E-state index contributed by atoms with van der Waals surface area (Å²) in [7, 11) is 1.62. The van der Waals surface area contributed by atoms with Crippen molar-refractivity contribution in [3.8, 4) is 0 Å². The van der Waals surface area contributed by atoms with Gasteiger partial charge in [-0.05, 0) is 26.3 Å². The maximum absolute atomic E-state index is 12.6. The van der Waals surface area contributed by atoms with Crippen LogP contribution in [-0.2, 0) is 14.3 Å². The van der Waals surface area contributed by atoms with Gasteiger partial charge in [0.2, 0.25) is 11.8 Å². The van der Waals surface area contributed by atoms with E-state index in [1.165, 1.54) is 0 Å². The molecule has 2 atom stereocenters. The molecule has 2 amide bonds. The normalized spacial score (nSPS) is 24.0. The summed E-state index contributed by atoms with van der Waals surface area (Å²) in [6.45, 7) is 7.53. The summed E-state index contributed by atoms with van der Waals surface area (Å²) in [5.74, 6) is 0.478. The van der Waals surface area contributed by atoms with Crippen LogP contribution in [0.4, 0.5) is 0 Å². The molecule has 25 heavy (non-hydrogen) atoms. The molecular weight excluding hydrogens is 367 g/mol. The standard InChI is InChI=1S/C16H30N4O3.2ClH/c1-13-11-14(3-4-17-13)16(22)20-8-6-19(7-9-20)12-15(21)18-5-10-23-2;;/h13-14,17H,3-12H2,1-2H3,(H,18,21);2*1H/t13-,14-;;/m0../s1. The monoisotopic (exact) mass is 398 g/mol. The van der Waals surface area contributed by atoms with E-state index in [1.807, 2.05) is 4.90 Å². The van der Waals surface area contributed by atoms with E-state index in [0.717, 1.165) is 45.6 Å². The highest BCUT2D eigenvalue weighted by Gasteiger charge is 2.30. The molecule has 2 N–H and O–H groups in total. The molecule has 148 valence electrons. The first-order chi connectivity index (χ1) is 11.1. The van der Waals surface area contributed by atoms with Crippen LogP contribution in [-0.4, -0.2) is 87.2 Å². The Balaban J connectivity index is 0.00000288. The number of piperazine rings is 1. The van der Waals surface area contributed by atoms with Crippen molar-refractivity contribution in [1.29, 1.82) is 0 Å². The summed E-state index contributed by atoms with van der Waals surface area (Å²) in [5.41, 5.74) is 0. The molecule has 0 radical (unpaired) electrons. The highest BCUT2D eigenvalue weighted by molar-refractivity contribution is 5.85. The molecule has 2 aliphatic heterocycles. The number of nitrogens with zero attached hydrogens (tertiary/aromatic N) is 2. The lowest BCUT2D eigenvalue weighted by Gasteiger charge is -2.37. The van der Waals surface area contributed by atoms with E-state index in [0.29, 0.717) is 31.6 Å². The Morgan fingerprint density at radius 1 is 1.20 bits per heavy atom. The third-order valence-corrected chi connectivity index (χ3v) is 4.65. The molecule has 0 unspecified atom stereocenters. The van der Waals surface area contributed by atoms with Crippen molar-refractivity contribution in [2.24, 2.45) is 5.92 Å². The van der Waals surface area contributed by atoms with Gasteiger partial charge in [0, 0.05) is 51.8 Å². The van der Waals surface area contributed by atoms with Crippen LogP contribution in [0.3, 0.4) is 0 Å². The summed E-state index contributed by atoms with van der Waals surface area (Å²) in [6.07, 6.45) is 1.87. The van der Waals surface area contributed by atoms with E-state index in [4.69, 9.17) is 4.74 Å². The second kappa shape index (κ2) is 12.7. The molecule has 9 heteroatoms. The minimum Gasteiger partial charge on any atom is -0.383 e. The average Bonchev–Trinajstić information content (AvgIpc) is 2.55. The second-order valence-electron chi connectivity index (χ2n) is 6.52. The van der Waals surface area contributed by atoms with E-state index in [9.17, 15) is 9.59 Å². The van der Waals surface area contributed by atoms with Crippen LogP contribution in [0, 0.1) is 5.92 Å². The summed E-state index contributed by atoms with van der Waals surface area (Å²) in [6, 6.07) is 0.426. The zero-order chi connectivity index (χ0) is 16.7. The minimum absolute atomic E-state index is 0. The van der Waals surface area contributed by atoms with Crippen LogP contribution in [0.25, 0.3) is 0 Å². The lowest BCUT2D eigenvalue weighted by molar-refractivity contribution is -0.138. The number of amides is 2. The van der Waals surface area contributed by atoms with Gasteiger partial charge in [-0.2, -0.15) is 0 Å². The molecule has 0 aliphatic carbocycles. The lowest BCUT2D eigenvalue weighted by atomic mass is 9.92. The smallest absolute Gasteiger partial charge is 0.234 e. The first-order valence-electron chi connectivity index (χ1n) is 8.60. The fourth-order valence-electron chi connectivity index (χ4n) is 3.29. The van der Waals surface area contributed by atoms with Gasteiger partial charge < -0.3 is 20.3 Å². The molecular formula is C16H32Cl2N4O3. The van der Waals surface area contributed by atoms with Gasteiger partial charge in [0.05, 0.1) is 13.2 Å². The van der Waals surface area contributed by atoms with Crippen molar-refractivity contribution in [2.75, 3.05) is 59.5 Å². The third kappa shape index (κ3) is 8.09. The van der Waals surface area contributed by atoms with Gasteiger partial charge in [-0.25, -0.2) is 0 Å². The van der Waals surface area contributed by atoms with Gasteiger partial charge in [0.15, 0.2) is 0 Å². The van der Waals surface area contributed by atoms with Crippen LogP contribution in [0.15, 0.2) is 0 Å². The van der Waals surface area contributed by atoms with Crippen LogP contribution in [0.5, 0.6) is 0 Å². The van der Waals surface area contributed by atoms with Crippen LogP contribution >= 0.6 is 24.8 Å². The molecule has 2 rings (SSSR count). The Labute approximate surface area is 163 Å². The number of carbonyl (C=O) groups is 2. The van der Waals surface area contributed by atoms with Crippen molar-refractivity contribution in [3.63, 3.8) is 0 Å². The van der Waals surface area contributed by atoms with Crippen LogP contribution in [0.1, 0.15) is 19.8 Å². The molecule has 7 nitrogen and oxygen atoms in total. The number of hydrogen-bond donors (Lipinski definition) is 2. The number of hydrogen-bond acceptors (Lipinski definition) is 5. The minimum atomic E-state index is 0. The summed E-state index contributed by atoms with van der Waals surface area (Å²) in [5, 5.41) is 6.22. The number of piperidine rings is 1. The van der Waals surface area contributed by atoms with Gasteiger partial charge >= 0.3 is 0 Å². The van der Waals surface area contributed by atoms with Crippen LogP contribution < -0.4 is 10.6 Å². The van der Waals surface area contributed by atoms with E-state index in [-0.39, 0.29) is 36.6 Å². The molecule has 0 bridgehead atoms. The largest absolute Gasteiger partial charge is 0.383 e. The SMILES string of the molecule is COCCNC(=O)CN1CCN(C(=O)[C@H]2CCN[C@@H](C)C2)CC1.Cl.Cl. The first kappa shape index (κ1) is 24.4. The number of halogens is 2. The molecule has 0 spiro atoms. The molecule has 0 aromatic carbocycles. The molecule has 2 saturated heterocycles. The van der Waals surface area contributed by atoms with E-state index >= 15 is 0 Å². The average molecular weight is 399 g/mol. The number of nitrogens with one attached hydrogen (secondary N) is 2. The van der Waals surface area contributed by atoms with E-state index in [2.05, 4.69) is 22.5 Å². The van der Waals surface area contributed by atoms with E-state index in [1.54, 1.807) is 7.11 Å². The van der Waals surface area contributed by atoms with Gasteiger partial charge in [-0.1, -0.05) is 0 Å². The fraction of sp³-hybridized carbons (Fsp3) is 0.875. The number of methoxy groups -OCH3 is 1. The highest BCUT2D eigenvalue weighted by atomic mass is 35.5. The van der Waals surface area contributed by atoms with E-state index < -0.39 is 0 Å². The quantitative estimate of drug-likeness (QED) is 0.621. The molecule has 0 saturated carbocycles. The highest BCUT2D eigenvalue weighted by Crippen LogP contribution is 2.19. The molecule has 2 heterocycles. The van der Waals surface area contributed by atoms with Crippen molar-refractivity contribution in [3.05, 3.63) is 0 Å². The third-order valence-electron chi connectivity index (χ3n) is 4.65. The van der Waals surface area contributed by atoms with Crippen LogP contribution in [0.2, 0.25) is 0 Å². The van der Waals surface area contributed by atoms with Crippen molar-refractivity contribution >= 4 is 36.6 Å². The number of carbonyl (C=O) groups excluding carboxylic acids is 2. The Morgan fingerprint density at radius 3 is 2.48 bits per heavy atom. The predicted molar refractivity (Wildman–Crippen MR) is 103 cm³/mol. The first-order valence-corrected chi connectivity index (χ1v) is 8.60. The van der Waals surface area contributed by atoms with Crippen molar-refractivity contribution in [1.82, 2.24) is 20.4 Å². The maximum Gasteiger partial charge on any atom is 0.234 e. The molecule has 2 aliphatic rings. The zero-order valence-electron chi connectivity index (χ0n) is 15.2. The summed E-state index contributed by atoms with van der Waals surface area (Å²) < 4.78 is 4.91. The predicted octanol–water partition coefficient (Wildman–Crippen LogP) is 0.125. The zero-order valence-corrected chi connectivity index (χ0v) is 16.8. The second-order valence-corrected chi connectivity index (χ2v) is 6.52. The van der Waals surface area contributed by atoms with Gasteiger partial charge in [-0.15, -0.1) is 24.8 Å². The van der Waals surface area contributed by atoms with Gasteiger partial charge in [-0.3, -0.25) is 14.5 Å². The molecule has 2 fully saturated rings. The van der Waals surface area contributed by atoms with Gasteiger partial charge in [0.1, 0.15) is 0 Å².